The molecule has 0 spiro atoms. The van der Waals surface area contributed by atoms with Crippen LogP contribution in [0, 0.1) is 19.8 Å². The average Bonchev–Trinajstić information content (AvgIpc) is 3.16. The Morgan fingerprint density at radius 2 is 1.86 bits per heavy atom. The summed E-state index contributed by atoms with van der Waals surface area (Å²) >= 11 is 1.46. The summed E-state index contributed by atoms with van der Waals surface area (Å²) in [5, 5.41) is 3.47. The summed E-state index contributed by atoms with van der Waals surface area (Å²) in [6.45, 7) is 4.64. The lowest BCUT2D eigenvalue weighted by molar-refractivity contribution is -0.120. The van der Waals surface area contributed by atoms with Crippen molar-refractivity contribution >= 4 is 42.6 Å². The first-order chi connectivity index (χ1) is 13.9. The minimum Gasteiger partial charge on any atom is -0.302 e. The van der Waals surface area contributed by atoms with E-state index in [-0.39, 0.29) is 17.3 Å². The lowest BCUT2D eigenvalue weighted by atomic mass is 9.99. The molecule has 3 aromatic rings. The Morgan fingerprint density at radius 1 is 1.14 bits per heavy atom. The quantitative estimate of drug-likeness (QED) is 0.681. The van der Waals surface area contributed by atoms with Crippen LogP contribution in [0.3, 0.4) is 0 Å². The standard InChI is InChI=1S/C21H23N3O3S2/c1-14-10-11-15(2)19-18(14)22-21(28-19)23-20(25)16-7-6-12-24(13-16)29(26,27)17-8-4-3-5-9-17/h3-5,8-11,16H,6-7,12-13H2,1-2H3,(H,22,23,25). The Balaban J connectivity index is 1.51. The van der Waals surface area contributed by atoms with E-state index in [4.69, 9.17) is 0 Å². The number of amides is 1. The summed E-state index contributed by atoms with van der Waals surface area (Å²) in [7, 11) is -3.59. The second-order valence-electron chi connectivity index (χ2n) is 7.40. The maximum atomic E-state index is 12.9. The highest BCUT2D eigenvalue weighted by Gasteiger charge is 2.33. The summed E-state index contributed by atoms with van der Waals surface area (Å²) in [6.07, 6.45) is 1.32. The number of nitrogens with one attached hydrogen (secondary N) is 1. The van der Waals surface area contributed by atoms with E-state index in [1.165, 1.54) is 15.6 Å². The van der Waals surface area contributed by atoms with Gasteiger partial charge in [0.05, 0.1) is 21.0 Å². The second-order valence-corrected chi connectivity index (χ2v) is 10.3. The molecule has 29 heavy (non-hydrogen) atoms. The minimum absolute atomic E-state index is 0.174. The van der Waals surface area contributed by atoms with E-state index in [1.807, 2.05) is 19.9 Å². The smallest absolute Gasteiger partial charge is 0.243 e. The highest BCUT2D eigenvalue weighted by atomic mass is 32.2. The molecule has 2 aromatic carbocycles. The molecule has 0 aliphatic carbocycles. The van der Waals surface area contributed by atoms with E-state index >= 15 is 0 Å². The van der Waals surface area contributed by atoms with Crippen LogP contribution in [0.25, 0.3) is 10.2 Å². The number of fused-ring (bicyclic) bond motifs is 1. The maximum absolute atomic E-state index is 12.9. The summed E-state index contributed by atoms with van der Waals surface area (Å²) in [5.74, 6) is -0.566. The van der Waals surface area contributed by atoms with Gasteiger partial charge in [-0.05, 0) is 49.9 Å². The summed E-state index contributed by atoms with van der Waals surface area (Å²) in [5.41, 5.74) is 3.10. The fraction of sp³-hybridized carbons (Fsp3) is 0.333. The largest absolute Gasteiger partial charge is 0.302 e. The third-order valence-electron chi connectivity index (χ3n) is 5.31. The van der Waals surface area contributed by atoms with Crippen LogP contribution >= 0.6 is 11.3 Å². The van der Waals surface area contributed by atoms with Crippen molar-refractivity contribution in [2.75, 3.05) is 18.4 Å². The molecule has 6 nitrogen and oxygen atoms in total. The van der Waals surface area contributed by atoms with Crippen LogP contribution in [-0.2, 0) is 14.8 Å². The number of piperidine rings is 1. The number of hydrogen-bond acceptors (Lipinski definition) is 5. The Hall–Kier alpha value is -2.29. The zero-order valence-electron chi connectivity index (χ0n) is 16.4. The topological polar surface area (TPSA) is 79.4 Å². The molecule has 8 heteroatoms. The number of anilines is 1. The molecule has 0 bridgehead atoms. The van der Waals surface area contributed by atoms with Crippen molar-refractivity contribution in [3.63, 3.8) is 0 Å². The van der Waals surface area contributed by atoms with E-state index < -0.39 is 15.9 Å². The van der Waals surface area contributed by atoms with Gasteiger partial charge in [0.2, 0.25) is 15.9 Å². The molecule has 2 heterocycles. The fourth-order valence-electron chi connectivity index (χ4n) is 3.64. The first-order valence-electron chi connectivity index (χ1n) is 9.59. The number of benzene rings is 2. The van der Waals surface area contributed by atoms with Gasteiger partial charge >= 0.3 is 0 Å². The van der Waals surface area contributed by atoms with Gasteiger partial charge in [0.25, 0.3) is 0 Å². The molecule has 1 unspecified atom stereocenters. The van der Waals surface area contributed by atoms with Crippen molar-refractivity contribution < 1.29 is 13.2 Å². The molecule has 152 valence electrons. The molecule has 1 aromatic heterocycles. The van der Waals surface area contributed by atoms with Gasteiger partial charge in [0.1, 0.15) is 0 Å². The van der Waals surface area contributed by atoms with Crippen molar-refractivity contribution in [1.29, 1.82) is 0 Å². The number of aromatic nitrogens is 1. The predicted molar refractivity (Wildman–Crippen MR) is 116 cm³/mol. The van der Waals surface area contributed by atoms with Crippen molar-refractivity contribution in [1.82, 2.24) is 9.29 Å². The molecule has 0 radical (unpaired) electrons. The highest BCUT2D eigenvalue weighted by Crippen LogP contribution is 2.32. The van der Waals surface area contributed by atoms with Gasteiger partial charge in [0.15, 0.2) is 5.13 Å². The van der Waals surface area contributed by atoms with Crippen LogP contribution in [-0.4, -0.2) is 36.7 Å². The SMILES string of the molecule is Cc1ccc(C)c2sc(NC(=O)C3CCCN(S(=O)(=O)c4ccccc4)C3)nc12. The Labute approximate surface area is 174 Å². The van der Waals surface area contributed by atoms with Crippen LogP contribution in [0.1, 0.15) is 24.0 Å². The van der Waals surface area contributed by atoms with Crippen LogP contribution in [0.2, 0.25) is 0 Å². The van der Waals surface area contributed by atoms with Crippen LogP contribution in [0.5, 0.6) is 0 Å². The monoisotopic (exact) mass is 429 g/mol. The minimum atomic E-state index is -3.59. The summed E-state index contributed by atoms with van der Waals surface area (Å²) < 4.78 is 28.3. The molecule has 1 N–H and O–H groups in total. The molecule has 1 atom stereocenters. The Kier molecular flexibility index (Phi) is 5.42. The summed E-state index contributed by atoms with van der Waals surface area (Å²) in [6, 6.07) is 12.4. The average molecular weight is 430 g/mol. The van der Waals surface area contributed by atoms with Gasteiger partial charge in [-0.2, -0.15) is 4.31 Å². The number of aryl methyl sites for hydroxylation is 2. The Morgan fingerprint density at radius 3 is 2.59 bits per heavy atom. The number of carbonyl (C=O) groups excluding carboxylic acids is 1. The molecule has 1 fully saturated rings. The van der Waals surface area contributed by atoms with Gasteiger partial charge in [-0.1, -0.05) is 41.7 Å². The number of carbonyl (C=O) groups is 1. The maximum Gasteiger partial charge on any atom is 0.243 e. The number of hydrogen-bond donors (Lipinski definition) is 1. The first kappa shape index (κ1) is 20.0. The first-order valence-corrected chi connectivity index (χ1v) is 11.8. The third-order valence-corrected chi connectivity index (χ3v) is 8.29. The van der Waals surface area contributed by atoms with Gasteiger partial charge < -0.3 is 5.32 Å². The fourth-order valence-corrected chi connectivity index (χ4v) is 6.20. The van der Waals surface area contributed by atoms with Crippen LogP contribution in [0.4, 0.5) is 5.13 Å². The summed E-state index contributed by atoms with van der Waals surface area (Å²) in [4.78, 5) is 17.7. The van der Waals surface area contributed by atoms with Crippen LogP contribution < -0.4 is 5.32 Å². The molecule has 1 saturated heterocycles. The van der Waals surface area contributed by atoms with Crippen molar-refractivity contribution in [3.05, 3.63) is 53.6 Å². The third kappa shape index (κ3) is 3.92. The Bertz CT molecular complexity index is 1120. The van der Waals surface area contributed by atoms with Crippen molar-refractivity contribution in [2.24, 2.45) is 5.92 Å². The molecule has 4 rings (SSSR count). The molecule has 1 aliphatic rings. The van der Waals surface area contributed by atoms with E-state index in [0.717, 1.165) is 21.3 Å². The lowest BCUT2D eigenvalue weighted by Gasteiger charge is -2.31. The van der Waals surface area contributed by atoms with Gasteiger partial charge in [-0.15, -0.1) is 0 Å². The highest BCUT2D eigenvalue weighted by molar-refractivity contribution is 7.89. The normalized spacial score (nSPS) is 18.1. The number of rotatable bonds is 4. The van der Waals surface area contributed by atoms with Gasteiger partial charge in [-0.3, -0.25) is 4.79 Å². The molecule has 1 amide bonds. The van der Waals surface area contributed by atoms with Gasteiger partial charge in [-0.25, -0.2) is 13.4 Å². The number of sulfonamides is 1. The molecular weight excluding hydrogens is 406 g/mol. The van der Waals surface area contributed by atoms with E-state index in [9.17, 15) is 13.2 Å². The van der Waals surface area contributed by atoms with Crippen LogP contribution in [0.15, 0.2) is 47.4 Å². The zero-order chi connectivity index (χ0) is 20.6. The van der Waals surface area contributed by atoms with Crippen molar-refractivity contribution in [2.45, 2.75) is 31.6 Å². The van der Waals surface area contributed by atoms with Crippen molar-refractivity contribution in [3.8, 4) is 0 Å². The van der Waals surface area contributed by atoms with E-state index in [0.29, 0.717) is 24.5 Å². The molecule has 1 aliphatic heterocycles. The number of nitrogens with zero attached hydrogens (tertiary/aromatic N) is 2. The van der Waals surface area contributed by atoms with E-state index in [2.05, 4.69) is 16.4 Å². The second kappa shape index (κ2) is 7.85. The molecular formula is C21H23N3O3S2. The number of thiazole rings is 1. The molecule has 0 saturated carbocycles. The predicted octanol–water partition coefficient (Wildman–Crippen LogP) is 3.95. The van der Waals surface area contributed by atoms with E-state index in [1.54, 1.807) is 30.3 Å². The zero-order valence-corrected chi connectivity index (χ0v) is 18.0. The lowest BCUT2D eigenvalue weighted by Crippen LogP contribution is -2.43. The van der Waals surface area contributed by atoms with Gasteiger partial charge in [0, 0.05) is 13.1 Å².